The second-order valence-electron chi connectivity index (χ2n) is 5.67. The van der Waals surface area contributed by atoms with Crippen LogP contribution in [0.4, 0.5) is 13.2 Å². The van der Waals surface area contributed by atoms with Gasteiger partial charge in [0, 0.05) is 0 Å². The molecular weight excluding hydrogens is 283 g/mol. The van der Waals surface area contributed by atoms with E-state index in [-0.39, 0.29) is 29.6 Å². The zero-order valence-corrected chi connectivity index (χ0v) is 11.8. The molecule has 0 aliphatic carbocycles. The van der Waals surface area contributed by atoms with Gasteiger partial charge >= 0.3 is 6.18 Å². The maximum atomic E-state index is 13.0. The van der Waals surface area contributed by atoms with Gasteiger partial charge in [-0.3, -0.25) is 0 Å². The van der Waals surface area contributed by atoms with Crippen LogP contribution < -0.4 is 4.74 Å². The highest BCUT2D eigenvalue weighted by atomic mass is 19.4. The molecule has 21 heavy (non-hydrogen) atoms. The van der Waals surface area contributed by atoms with Crippen LogP contribution in [-0.2, 0) is 10.9 Å². The van der Waals surface area contributed by atoms with Crippen molar-refractivity contribution in [1.29, 1.82) is 5.26 Å². The first-order valence-electron chi connectivity index (χ1n) is 6.63. The van der Waals surface area contributed by atoms with E-state index in [1.807, 2.05) is 13.8 Å². The van der Waals surface area contributed by atoms with Crippen molar-refractivity contribution in [1.82, 2.24) is 0 Å². The Labute approximate surface area is 121 Å². The highest BCUT2D eigenvalue weighted by Crippen LogP contribution is 2.37. The number of halogens is 3. The number of rotatable bonds is 3. The van der Waals surface area contributed by atoms with Crippen molar-refractivity contribution < 1.29 is 22.6 Å². The van der Waals surface area contributed by atoms with E-state index in [9.17, 15) is 13.2 Å². The molecule has 0 aromatic heterocycles. The summed E-state index contributed by atoms with van der Waals surface area (Å²) in [6.45, 7) is 3.95. The summed E-state index contributed by atoms with van der Waals surface area (Å²) in [5.41, 5.74) is -1.24. The Morgan fingerprint density at radius 1 is 1.43 bits per heavy atom. The van der Waals surface area contributed by atoms with Crippen molar-refractivity contribution in [3.63, 3.8) is 0 Å². The molecule has 2 rings (SSSR count). The van der Waals surface area contributed by atoms with Gasteiger partial charge in [-0.1, -0.05) is 0 Å². The second kappa shape index (κ2) is 5.57. The number of benzene rings is 1. The van der Waals surface area contributed by atoms with Gasteiger partial charge in [-0.25, -0.2) is 0 Å². The summed E-state index contributed by atoms with van der Waals surface area (Å²) in [7, 11) is 0. The lowest BCUT2D eigenvalue weighted by Gasteiger charge is -2.20. The molecule has 1 fully saturated rings. The predicted molar refractivity (Wildman–Crippen MR) is 69.8 cm³/mol. The molecule has 1 aromatic carbocycles. The molecule has 3 nitrogen and oxygen atoms in total. The van der Waals surface area contributed by atoms with E-state index in [0.29, 0.717) is 0 Å². The lowest BCUT2D eigenvalue weighted by molar-refractivity contribution is -0.139. The van der Waals surface area contributed by atoms with Gasteiger partial charge in [0.05, 0.1) is 28.9 Å². The maximum Gasteiger partial charge on any atom is 0.420 e. The summed E-state index contributed by atoms with van der Waals surface area (Å²) in [6, 6.07) is 4.99. The highest BCUT2D eigenvalue weighted by Gasteiger charge is 2.36. The minimum absolute atomic E-state index is 0.0482. The SMILES string of the molecule is CC1(C)CCC(COc2ccc(C#N)cc2C(F)(F)F)O1. The smallest absolute Gasteiger partial charge is 0.420 e. The summed E-state index contributed by atoms with van der Waals surface area (Å²) < 4.78 is 49.9. The first-order chi connectivity index (χ1) is 9.71. The summed E-state index contributed by atoms with van der Waals surface area (Å²) in [4.78, 5) is 0. The minimum Gasteiger partial charge on any atom is -0.490 e. The normalized spacial score (nSPS) is 21.0. The number of alkyl halides is 3. The molecule has 0 radical (unpaired) electrons. The first-order valence-corrected chi connectivity index (χ1v) is 6.63. The number of hydrogen-bond acceptors (Lipinski definition) is 3. The number of nitriles is 1. The summed E-state index contributed by atoms with van der Waals surface area (Å²) >= 11 is 0. The quantitative estimate of drug-likeness (QED) is 0.849. The Bertz CT molecular complexity index is 561. The van der Waals surface area contributed by atoms with Crippen molar-refractivity contribution in [2.45, 2.75) is 44.6 Å². The molecule has 0 saturated carbocycles. The second-order valence-corrected chi connectivity index (χ2v) is 5.67. The zero-order chi connectivity index (χ0) is 15.7. The monoisotopic (exact) mass is 299 g/mol. The Balaban J connectivity index is 2.12. The average Bonchev–Trinajstić information content (AvgIpc) is 2.74. The minimum atomic E-state index is -4.56. The molecule has 0 spiro atoms. The molecular formula is C15H16F3NO2. The lowest BCUT2D eigenvalue weighted by atomic mass is 10.1. The Morgan fingerprint density at radius 2 is 2.14 bits per heavy atom. The number of hydrogen-bond donors (Lipinski definition) is 0. The van der Waals surface area contributed by atoms with Crippen LogP contribution >= 0.6 is 0 Å². The third kappa shape index (κ3) is 3.88. The van der Waals surface area contributed by atoms with Crippen LogP contribution in [0.5, 0.6) is 5.75 Å². The zero-order valence-electron chi connectivity index (χ0n) is 11.8. The van der Waals surface area contributed by atoms with E-state index >= 15 is 0 Å². The fourth-order valence-corrected chi connectivity index (χ4v) is 2.32. The third-order valence-electron chi connectivity index (χ3n) is 3.39. The van der Waals surface area contributed by atoms with Crippen molar-refractivity contribution in [3.8, 4) is 11.8 Å². The fraction of sp³-hybridized carbons (Fsp3) is 0.533. The van der Waals surface area contributed by atoms with Crippen LogP contribution in [0.15, 0.2) is 18.2 Å². The first kappa shape index (κ1) is 15.6. The number of nitrogens with zero attached hydrogens (tertiary/aromatic N) is 1. The van der Waals surface area contributed by atoms with Crippen molar-refractivity contribution >= 4 is 0 Å². The average molecular weight is 299 g/mol. The molecule has 1 aliphatic heterocycles. The molecule has 0 bridgehead atoms. The van der Waals surface area contributed by atoms with Crippen LogP contribution in [-0.4, -0.2) is 18.3 Å². The van der Waals surface area contributed by atoms with E-state index in [1.54, 1.807) is 6.07 Å². The Hall–Kier alpha value is -1.74. The van der Waals surface area contributed by atoms with Gasteiger partial charge in [0.15, 0.2) is 0 Å². The molecule has 0 amide bonds. The van der Waals surface area contributed by atoms with Crippen LogP contribution in [0, 0.1) is 11.3 Å². The molecule has 1 atom stereocenters. The van der Waals surface area contributed by atoms with E-state index in [1.165, 1.54) is 12.1 Å². The third-order valence-corrected chi connectivity index (χ3v) is 3.39. The van der Waals surface area contributed by atoms with Gasteiger partial charge in [0.2, 0.25) is 0 Å². The Kier molecular flexibility index (Phi) is 4.15. The van der Waals surface area contributed by atoms with Crippen LogP contribution in [0.2, 0.25) is 0 Å². The summed E-state index contributed by atoms with van der Waals surface area (Å²) in [6.07, 6.45) is -3.17. The molecule has 6 heteroatoms. The maximum absolute atomic E-state index is 13.0. The van der Waals surface area contributed by atoms with E-state index in [4.69, 9.17) is 14.7 Å². The van der Waals surface area contributed by atoms with Gasteiger partial charge in [-0.2, -0.15) is 18.4 Å². The predicted octanol–water partition coefficient (Wildman–Crippen LogP) is 3.91. The van der Waals surface area contributed by atoms with Crippen LogP contribution in [0.1, 0.15) is 37.8 Å². The van der Waals surface area contributed by atoms with Gasteiger partial charge in [0.25, 0.3) is 0 Å². The van der Waals surface area contributed by atoms with Gasteiger partial charge < -0.3 is 9.47 Å². The molecule has 114 valence electrons. The molecule has 1 aromatic rings. The standard InChI is InChI=1S/C15H16F3NO2/c1-14(2)6-5-11(21-14)9-20-13-4-3-10(8-19)7-12(13)15(16,17)18/h3-4,7,11H,5-6,9H2,1-2H3. The largest absolute Gasteiger partial charge is 0.490 e. The van der Waals surface area contributed by atoms with E-state index < -0.39 is 11.7 Å². The van der Waals surface area contributed by atoms with Crippen LogP contribution in [0.3, 0.4) is 0 Å². The molecule has 1 heterocycles. The van der Waals surface area contributed by atoms with Gasteiger partial charge in [-0.15, -0.1) is 0 Å². The molecule has 1 saturated heterocycles. The summed E-state index contributed by atoms with van der Waals surface area (Å²) in [5, 5.41) is 8.70. The molecule has 0 N–H and O–H groups in total. The topological polar surface area (TPSA) is 42.2 Å². The van der Waals surface area contributed by atoms with Crippen molar-refractivity contribution in [2.24, 2.45) is 0 Å². The lowest BCUT2D eigenvalue weighted by Crippen LogP contribution is -2.24. The van der Waals surface area contributed by atoms with Crippen molar-refractivity contribution in [3.05, 3.63) is 29.3 Å². The highest BCUT2D eigenvalue weighted by molar-refractivity contribution is 5.43. The molecule has 1 aliphatic rings. The van der Waals surface area contributed by atoms with E-state index in [0.717, 1.165) is 18.9 Å². The van der Waals surface area contributed by atoms with Crippen LogP contribution in [0.25, 0.3) is 0 Å². The fourth-order valence-electron chi connectivity index (χ4n) is 2.32. The molecule has 1 unspecified atom stereocenters. The summed E-state index contributed by atoms with van der Waals surface area (Å²) in [5.74, 6) is -0.269. The van der Waals surface area contributed by atoms with Crippen molar-refractivity contribution in [2.75, 3.05) is 6.61 Å². The van der Waals surface area contributed by atoms with Gasteiger partial charge in [-0.05, 0) is 44.9 Å². The Morgan fingerprint density at radius 3 is 2.67 bits per heavy atom. The number of ether oxygens (including phenoxy) is 2. The van der Waals surface area contributed by atoms with Gasteiger partial charge in [0.1, 0.15) is 12.4 Å². The van der Waals surface area contributed by atoms with E-state index in [2.05, 4.69) is 0 Å².